The van der Waals surface area contributed by atoms with Crippen molar-refractivity contribution < 1.29 is 4.79 Å². The highest BCUT2D eigenvalue weighted by Crippen LogP contribution is 2.41. The number of thiocarbonyl (C=S) groups is 1. The predicted molar refractivity (Wildman–Crippen MR) is 149 cm³/mol. The van der Waals surface area contributed by atoms with Crippen LogP contribution in [0.15, 0.2) is 46.9 Å². The summed E-state index contributed by atoms with van der Waals surface area (Å²) in [5.41, 5.74) is 7.56. The Labute approximate surface area is 216 Å². The second kappa shape index (κ2) is 10.7. The van der Waals surface area contributed by atoms with Crippen LogP contribution in [0.4, 0.5) is 0 Å². The normalized spacial score (nSPS) is 18.3. The molecule has 0 spiro atoms. The summed E-state index contributed by atoms with van der Waals surface area (Å²) in [4.78, 5) is 21.4. The Balaban J connectivity index is 1.78. The fourth-order valence-corrected chi connectivity index (χ4v) is 5.65. The summed E-state index contributed by atoms with van der Waals surface area (Å²) in [6.07, 6.45) is 3.84. The van der Waals surface area contributed by atoms with Crippen LogP contribution in [0.2, 0.25) is 0 Å². The van der Waals surface area contributed by atoms with E-state index in [0.29, 0.717) is 18.9 Å². The van der Waals surface area contributed by atoms with Gasteiger partial charge in [-0.3, -0.25) is 9.69 Å². The Morgan fingerprint density at radius 2 is 1.97 bits per heavy atom. The average molecular weight is 541 g/mol. The van der Waals surface area contributed by atoms with Crippen molar-refractivity contribution >= 4 is 50.4 Å². The van der Waals surface area contributed by atoms with Gasteiger partial charge in [-0.2, -0.15) is 0 Å². The van der Waals surface area contributed by atoms with Gasteiger partial charge in [-0.15, -0.1) is 0 Å². The van der Waals surface area contributed by atoms with Gasteiger partial charge in [-0.25, -0.2) is 0 Å². The zero-order valence-electron chi connectivity index (χ0n) is 20.5. The Hall–Kier alpha value is -2.02. The standard InChI is InChI=1S/C28H34BrN3OS/c1-5-6-7-14-32(17-34)28(33)25-16-23-22-15-21(29)12-13-24(22)30-26(23)27(31(25)4)20-10-8-19(9-11-20)18(2)3/h8-13,15,17-18,25,27,30H,5-7,14,16H2,1-4H3. The summed E-state index contributed by atoms with van der Waals surface area (Å²) in [7, 11) is 2.07. The maximum atomic E-state index is 13.8. The number of nitrogens with one attached hydrogen (secondary N) is 1. The van der Waals surface area contributed by atoms with E-state index in [-0.39, 0.29) is 18.0 Å². The summed E-state index contributed by atoms with van der Waals surface area (Å²) in [6, 6.07) is 14.9. The lowest BCUT2D eigenvalue weighted by Crippen LogP contribution is -2.51. The molecule has 0 fully saturated rings. The quantitative estimate of drug-likeness (QED) is 0.248. The number of unbranched alkanes of at least 4 members (excludes halogenated alkanes) is 2. The van der Waals surface area contributed by atoms with Gasteiger partial charge < -0.3 is 9.88 Å². The second-order valence-corrected chi connectivity index (χ2v) is 10.8. The van der Waals surface area contributed by atoms with E-state index in [4.69, 9.17) is 12.2 Å². The molecule has 1 aromatic heterocycles. The molecule has 180 valence electrons. The van der Waals surface area contributed by atoms with Crippen LogP contribution in [0.3, 0.4) is 0 Å². The minimum atomic E-state index is -0.277. The van der Waals surface area contributed by atoms with Gasteiger partial charge in [-0.1, -0.05) is 86.0 Å². The monoisotopic (exact) mass is 539 g/mol. The molecule has 2 aromatic carbocycles. The molecule has 2 unspecified atom stereocenters. The first-order valence-corrected chi connectivity index (χ1v) is 13.5. The molecule has 2 heterocycles. The number of aromatic nitrogens is 1. The van der Waals surface area contributed by atoms with Gasteiger partial charge in [0.15, 0.2) is 0 Å². The zero-order chi connectivity index (χ0) is 24.4. The molecule has 0 aliphatic carbocycles. The highest BCUT2D eigenvalue weighted by Gasteiger charge is 2.40. The van der Waals surface area contributed by atoms with Gasteiger partial charge in [0.05, 0.1) is 17.6 Å². The molecule has 4 rings (SSSR count). The number of aromatic amines is 1. The molecular weight excluding hydrogens is 506 g/mol. The number of carbonyl (C=O) groups is 1. The third-order valence-corrected chi connectivity index (χ3v) is 7.84. The summed E-state index contributed by atoms with van der Waals surface area (Å²) >= 11 is 8.91. The van der Waals surface area contributed by atoms with Crippen molar-refractivity contribution in [1.29, 1.82) is 0 Å². The lowest BCUT2D eigenvalue weighted by atomic mass is 9.87. The van der Waals surface area contributed by atoms with E-state index in [2.05, 4.69) is 96.1 Å². The molecule has 0 radical (unpaired) electrons. The number of likely N-dealkylation sites (N-methyl/N-ethyl adjacent to an activating group) is 1. The van der Waals surface area contributed by atoms with Crippen molar-refractivity contribution in [3.05, 3.63) is 69.3 Å². The molecule has 0 saturated carbocycles. The van der Waals surface area contributed by atoms with Crippen LogP contribution in [0.5, 0.6) is 0 Å². The number of hydrogen-bond acceptors (Lipinski definition) is 3. The highest BCUT2D eigenvalue weighted by atomic mass is 79.9. The molecule has 1 aliphatic rings. The molecular formula is C28H34BrN3OS. The molecule has 0 bridgehead atoms. The fraction of sp³-hybridized carbons (Fsp3) is 0.429. The van der Waals surface area contributed by atoms with Gasteiger partial charge in [0.1, 0.15) is 0 Å². The van der Waals surface area contributed by atoms with E-state index >= 15 is 0 Å². The van der Waals surface area contributed by atoms with Gasteiger partial charge in [0.2, 0.25) is 5.91 Å². The average Bonchev–Trinajstić information content (AvgIpc) is 3.18. The Bertz CT molecular complexity index is 1170. The summed E-state index contributed by atoms with van der Waals surface area (Å²) in [6.45, 7) is 7.27. The molecule has 1 amide bonds. The predicted octanol–water partition coefficient (Wildman–Crippen LogP) is 6.98. The van der Waals surface area contributed by atoms with Gasteiger partial charge in [0, 0.05) is 27.6 Å². The van der Waals surface area contributed by atoms with E-state index in [9.17, 15) is 4.79 Å². The number of rotatable bonds is 8. The van der Waals surface area contributed by atoms with Crippen LogP contribution < -0.4 is 0 Å². The molecule has 6 heteroatoms. The minimum Gasteiger partial charge on any atom is -0.357 e. The first-order valence-electron chi connectivity index (χ1n) is 12.2. The fourth-order valence-electron chi connectivity index (χ4n) is 5.08. The van der Waals surface area contributed by atoms with Crippen LogP contribution in [0.1, 0.15) is 74.4 Å². The summed E-state index contributed by atoms with van der Waals surface area (Å²) < 4.78 is 1.04. The van der Waals surface area contributed by atoms with Gasteiger partial charge in [0.25, 0.3) is 0 Å². The highest BCUT2D eigenvalue weighted by molar-refractivity contribution is 9.10. The lowest BCUT2D eigenvalue weighted by Gasteiger charge is -2.40. The van der Waals surface area contributed by atoms with Crippen molar-refractivity contribution in [2.75, 3.05) is 13.6 Å². The number of nitrogens with zero attached hydrogens (tertiary/aromatic N) is 2. The third kappa shape index (κ3) is 4.86. The summed E-state index contributed by atoms with van der Waals surface area (Å²) in [5.74, 6) is 0.570. The molecule has 3 aromatic rings. The van der Waals surface area contributed by atoms with Gasteiger partial charge >= 0.3 is 0 Å². The number of carbonyl (C=O) groups excluding carboxylic acids is 1. The number of hydrogen-bond donors (Lipinski definition) is 1. The first kappa shape index (κ1) is 25.1. The van der Waals surface area contributed by atoms with E-state index in [0.717, 1.165) is 29.3 Å². The molecule has 34 heavy (non-hydrogen) atoms. The number of H-pyrrole nitrogens is 1. The maximum Gasteiger partial charge on any atom is 0.244 e. The number of amides is 1. The van der Waals surface area contributed by atoms with Crippen LogP contribution in [0.25, 0.3) is 10.9 Å². The van der Waals surface area contributed by atoms with Crippen LogP contribution in [-0.4, -0.2) is 45.8 Å². The van der Waals surface area contributed by atoms with Crippen molar-refractivity contribution in [3.8, 4) is 0 Å². The Morgan fingerprint density at radius 3 is 2.62 bits per heavy atom. The Kier molecular flexibility index (Phi) is 7.90. The number of halogens is 1. The summed E-state index contributed by atoms with van der Waals surface area (Å²) in [5, 5.41) is 1.18. The lowest BCUT2D eigenvalue weighted by molar-refractivity contribution is -0.133. The zero-order valence-corrected chi connectivity index (χ0v) is 22.9. The largest absolute Gasteiger partial charge is 0.357 e. The topological polar surface area (TPSA) is 39.3 Å². The molecule has 0 saturated heterocycles. The second-order valence-electron chi connectivity index (χ2n) is 9.66. The van der Waals surface area contributed by atoms with Crippen molar-refractivity contribution in [2.24, 2.45) is 0 Å². The van der Waals surface area contributed by atoms with E-state index in [1.165, 1.54) is 27.8 Å². The van der Waals surface area contributed by atoms with Gasteiger partial charge in [-0.05, 0) is 60.7 Å². The van der Waals surface area contributed by atoms with Crippen LogP contribution in [0, 0.1) is 0 Å². The van der Waals surface area contributed by atoms with E-state index < -0.39 is 0 Å². The van der Waals surface area contributed by atoms with E-state index in [1.807, 2.05) is 0 Å². The van der Waals surface area contributed by atoms with Crippen LogP contribution >= 0.6 is 28.1 Å². The molecule has 1 N–H and O–H groups in total. The Morgan fingerprint density at radius 1 is 1.24 bits per heavy atom. The number of fused-ring (bicyclic) bond motifs is 3. The minimum absolute atomic E-state index is 0.0345. The SMILES string of the molecule is CCCCCN(C=S)C(=O)C1Cc2c([nH]c3ccc(Br)cc23)C(c2ccc(C(C)C)cc2)N1C. The van der Waals surface area contributed by atoms with Crippen molar-refractivity contribution in [2.45, 2.75) is 64.5 Å². The maximum absolute atomic E-state index is 13.8. The van der Waals surface area contributed by atoms with Crippen LogP contribution in [-0.2, 0) is 11.2 Å². The molecule has 2 atom stereocenters. The molecule has 4 nitrogen and oxygen atoms in total. The first-order chi connectivity index (χ1) is 16.3. The van der Waals surface area contributed by atoms with Crippen molar-refractivity contribution in [3.63, 3.8) is 0 Å². The number of benzene rings is 2. The smallest absolute Gasteiger partial charge is 0.244 e. The molecule has 1 aliphatic heterocycles. The van der Waals surface area contributed by atoms with Crippen molar-refractivity contribution in [1.82, 2.24) is 14.8 Å². The third-order valence-electron chi connectivity index (χ3n) is 7.09. The van der Waals surface area contributed by atoms with E-state index in [1.54, 1.807) is 10.4 Å².